The molecule has 1 N–H and O–H groups in total. The Kier molecular flexibility index (Phi) is 5.96. The van der Waals surface area contributed by atoms with E-state index in [0.29, 0.717) is 6.07 Å². The minimum atomic E-state index is -4.76. The molecule has 2 aliphatic heterocycles. The summed E-state index contributed by atoms with van der Waals surface area (Å²) in [6.45, 7) is 0.293. The van der Waals surface area contributed by atoms with Crippen LogP contribution in [0.5, 0.6) is 0 Å². The topological polar surface area (TPSA) is 59.0 Å². The van der Waals surface area contributed by atoms with Gasteiger partial charge in [0.2, 0.25) is 0 Å². The number of alkyl halides is 3. The van der Waals surface area contributed by atoms with Crippen LogP contribution in [-0.2, 0) is 21.3 Å². The third kappa shape index (κ3) is 4.23. The standard InChI is InChI=1S/C29H25F4NO4/c30-19-10-17(9-18(11-19)29(31,32)33)28(36)12-20-14-37-15-21(13-28)34(20)27(35)38-16-26-24-7-3-1-5-22(24)23-6-2-4-8-25(23)26/h1-11,20-21,26,36H,12-16H2. The Labute approximate surface area is 216 Å². The largest absolute Gasteiger partial charge is 0.448 e. The van der Waals surface area contributed by atoms with Gasteiger partial charge in [-0.25, -0.2) is 9.18 Å². The molecular formula is C29H25F4NO4. The van der Waals surface area contributed by atoms with Gasteiger partial charge in [-0.2, -0.15) is 13.2 Å². The van der Waals surface area contributed by atoms with E-state index >= 15 is 0 Å². The van der Waals surface area contributed by atoms with Crippen molar-refractivity contribution in [3.8, 4) is 11.1 Å². The Morgan fingerprint density at radius 1 is 0.974 bits per heavy atom. The summed E-state index contributed by atoms with van der Waals surface area (Å²) >= 11 is 0. The van der Waals surface area contributed by atoms with E-state index in [0.717, 1.165) is 34.4 Å². The first kappa shape index (κ1) is 24.9. The van der Waals surface area contributed by atoms with Crippen LogP contribution < -0.4 is 0 Å². The summed E-state index contributed by atoms with van der Waals surface area (Å²) in [7, 11) is 0. The van der Waals surface area contributed by atoms with Crippen molar-refractivity contribution >= 4 is 6.09 Å². The van der Waals surface area contributed by atoms with Gasteiger partial charge in [-0.1, -0.05) is 48.5 Å². The van der Waals surface area contributed by atoms with E-state index in [-0.39, 0.29) is 44.1 Å². The lowest BCUT2D eigenvalue weighted by atomic mass is 9.76. The highest BCUT2D eigenvalue weighted by atomic mass is 19.4. The molecule has 2 heterocycles. The first-order valence-corrected chi connectivity index (χ1v) is 12.5. The molecule has 2 atom stereocenters. The highest BCUT2D eigenvalue weighted by molar-refractivity contribution is 5.79. The Morgan fingerprint density at radius 3 is 2.13 bits per heavy atom. The molecule has 0 saturated carbocycles. The van der Waals surface area contributed by atoms with Crippen LogP contribution in [0.15, 0.2) is 66.7 Å². The van der Waals surface area contributed by atoms with Crippen LogP contribution in [0.1, 0.15) is 41.0 Å². The summed E-state index contributed by atoms with van der Waals surface area (Å²) in [5, 5.41) is 11.4. The smallest absolute Gasteiger partial charge is 0.416 e. The van der Waals surface area contributed by atoms with Crippen molar-refractivity contribution in [2.45, 2.75) is 42.6 Å². The Balaban J connectivity index is 1.21. The van der Waals surface area contributed by atoms with Crippen LogP contribution in [0.2, 0.25) is 0 Å². The van der Waals surface area contributed by atoms with Crippen molar-refractivity contribution in [1.82, 2.24) is 4.90 Å². The van der Waals surface area contributed by atoms with Gasteiger partial charge in [-0.05, 0) is 46.0 Å². The number of hydrogen-bond donors (Lipinski definition) is 1. The number of morpholine rings is 1. The Hall–Kier alpha value is -3.43. The van der Waals surface area contributed by atoms with E-state index < -0.39 is 41.3 Å². The molecule has 9 heteroatoms. The number of fused-ring (bicyclic) bond motifs is 5. The molecular weight excluding hydrogens is 502 g/mol. The molecule has 38 heavy (non-hydrogen) atoms. The molecule has 5 nitrogen and oxygen atoms in total. The van der Waals surface area contributed by atoms with Crippen LogP contribution in [0.3, 0.4) is 0 Å². The zero-order valence-electron chi connectivity index (χ0n) is 20.2. The number of rotatable bonds is 3. The summed E-state index contributed by atoms with van der Waals surface area (Å²) in [6.07, 6.45) is -5.53. The van der Waals surface area contributed by atoms with Crippen molar-refractivity contribution in [2.75, 3.05) is 19.8 Å². The molecule has 198 valence electrons. The molecule has 3 aromatic carbocycles. The van der Waals surface area contributed by atoms with Crippen molar-refractivity contribution in [1.29, 1.82) is 0 Å². The molecule has 2 unspecified atom stereocenters. The normalized spacial score (nSPS) is 24.6. The first-order valence-electron chi connectivity index (χ1n) is 12.5. The summed E-state index contributed by atoms with van der Waals surface area (Å²) < 4.78 is 65.4. The predicted octanol–water partition coefficient (Wildman–Crippen LogP) is 5.84. The number of piperidine rings is 1. The molecule has 2 bridgehead atoms. The van der Waals surface area contributed by atoms with Crippen molar-refractivity contribution in [3.05, 3.63) is 94.8 Å². The fourth-order valence-electron chi connectivity index (χ4n) is 6.20. The number of carbonyl (C=O) groups excluding carboxylic acids is 1. The number of aliphatic hydroxyl groups is 1. The Morgan fingerprint density at radius 2 is 1.55 bits per heavy atom. The van der Waals surface area contributed by atoms with Crippen molar-refractivity contribution in [2.24, 2.45) is 0 Å². The molecule has 6 rings (SSSR count). The molecule has 3 aromatic rings. The maximum Gasteiger partial charge on any atom is 0.416 e. The minimum absolute atomic E-state index is 0.0877. The van der Waals surface area contributed by atoms with Crippen molar-refractivity contribution in [3.63, 3.8) is 0 Å². The maximum absolute atomic E-state index is 14.1. The monoisotopic (exact) mass is 527 g/mol. The molecule has 1 aliphatic carbocycles. The quantitative estimate of drug-likeness (QED) is 0.435. The lowest BCUT2D eigenvalue weighted by molar-refractivity contribution is -0.140. The van der Waals surface area contributed by atoms with Crippen LogP contribution in [-0.4, -0.2) is 48.0 Å². The molecule has 2 saturated heterocycles. The van der Waals surface area contributed by atoms with Crippen LogP contribution in [0.4, 0.5) is 22.4 Å². The van der Waals surface area contributed by atoms with Gasteiger partial charge in [-0.3, -0.25) is 4.90 Å². The van der Waals surface area contributed by atoms with Gasteiger partial charge in [0.25, 0.3) is 0 Å². The van der Waals surface area contributed by atoms with E-state index in [1.165, 1.54) is 4.90 Å². The van der Waals surface area contributed by atoms with Gasteiger partial charge in [0.1, 0.15) is 12.4 Å². The van der Waals surface area contributed by atoms with E-state index in [4.69, 9.17) is 9.47 Å². The zero-order valence-corrected chi connectivity index (χ0v) is 20.2. The maximum atomic E-state index is 14.1. The van der Waals surface area contributed by atoms with Gasteiger partial charge < -0.3 is 14.6 Å². The summed E-state index contributed by atoms with van der Waals surface area (Å²) in [6, 6.07) is 16.8. The number of hydrogen-bond acceptors (Lipinski definition) is 4. The van der Waals surface area contributed by atoms with Crippen LogP contribution in [0.25, 0.3) is 11.1 Å². The number of nitrogens with zero attached hydrogens (tertiary/aromatic N) is 1. The van der Waals surface area contributed by atoms with Gasteiger partial charge in [0, 0.05) is 18.8 Å². The highest BCUT2D eigenvalue weighted by Gasteiger charge is 2.50. The second-order valence-electron chi connectivity index (χ2n) is 10.2. The lowest BCUT2D eigenvalue weighted by Crippen LogP contribution is -2.62. The minimum Gasteiger partial charge on any atom is -0.448 e. The zero-order chi connectivity index (χ0) is 26.7. The van der Waals surface area contributed by atoms with Gasteiger partial charge in [0.15, 0.2) is 0 Å². The molecule has 0 aromatic heterocycles. The number of ether oxygens (including phenoxy) is 2. The fraction of sp³-hybridized carbons (Fsp3) is 0.345. The average Bonchev–Trinajstić information content (AvgIpc) is 3.19. The van der Waals surface area contributed by atoms with E-state index in [2.05, 4.69) is 0 Å². The van der Waals surface area contributed by atoms with Gasteiger partial charge in [-0.15, -0.1) is 0 Å². The third-order valence-corrected chi connectivity index (χ3v) is 7.86. The number of halogens is 4. The summed E-state index contributed by atoms with van der Waals surface area (Å²) in [5.74, 6) is -1.21. The Bertz CT molecular complexity index is 1330. The molecule has 2 fully saturated rings. The lowest BCUT2D eigenvalue weighted by Gasteiger charge is -2.51. The fourth-order valence-corrected chi connectivity index (χ4v) is 6.20. The molecule has 3 aliphatic rings. The number of amides is 1. The van der Waals surface area contributed by atoms with Crippen LogP contribution in [0, 0.1) is 5.82 Å². The number of carbonyl (C=O) groups is 1. The SMILES string of the molecule is O=C(OCC1c2ccccc2-c2ccccc21)N1C2COCC1CC(O)(c1cc(F)cc(C(F)(F)F)c1)C2. The molecule has 1 amide bonds. The molecule has 0 radical (unpaired) electrons. The first-order chi connectivity index (χ1) is 18.1. The van der Waals surface area contributed by atoms with E-state index in [1.807, 2.05) is 48.5 Å². The average molecular weight is 528 g/mol. The number of benzene rings is 3. The van der Waals surface area contributed by atoms with E-state index in [9.17, 15) is 27.5 Å². The van der Waals surface area contributed by atoms with Crippen molar-refractivity contribution < 1.29 is 36.9 Å². The third-order valence-electron chi connectivity index (χ3n) is 7.86. The van der Waals surface area contributed by atoms with E-state index in [1.54, 1.807) is 0 Å². The second-order valence-corrected chi connectivity index (χ2v) is 10.2. The second kappa shape index (κ2) is 9.10. The molecule has 0 spiro atoms. The summed E-state index contributed by atoms with van der Waals surface area (Å²) in [4.78, 5) is 14.9. The van der Waals surface area contributed by atoms with Crippen LogP contribution >= 0.6 is 0 Å². The van der Waals surface area contributed by atoms with Gasteiger partial charge in [0.05, 0.1) is 36.5 Å². The highest BCUT2D eigenvalue weighted by Crippen LogP contribution is 2.46. The predicted molar refractivity (Wildman–Crippen MR) is 130 cm³/mol. The summed E-state index contributed by atoms with van der Waals surface area (Å²) in [5.41, 5.74) is 1.28. The van der Waals surface area contributed by atoms with Gasteiger partial charge >= 0.3 is 12.3 Å².